The van der Waals surface area contributed by atoms with E-state index >= 15 is 0 Å². The summed E-state index contributed by atoms with van der Waals surface area (Å²) in [6.07, 6.45) is 0. The summed E-state index contributed by atoms with van der Waals surface area (Å²) in [7, 11) is 1.56. The van der Waals surface area contributed by atoms with E-state index in [-0.39, 0.29) is 5.96 Å². The first-order valence-corrected chi connectivity index (χ1v) is 8.57. The fourth-order valence-electron chi connectivity index (χ4n) is 2.56. The van der Waals surface area contributed by atoms with Crippen molar-refractivity contribution in [3.05, 3.63) is 96.1 Å². The van der Waals surface area contributed by atoms with Crippen molar-refractivity contribution in [3.8, 4) is 5.75 Å². The molecule has 0 bridgehead atoms. The molecular weight excluding hydrogens is 354 g/mol. The van der Waals surface area contributed by atoms with Crippen LogP contribution in [-0.4, -0.2) is 29.8 Å². The Hall–Kier alpha value is -3.93. The fraction of sp³-hybridized carbons (Fsp3) is 0.0455. The Labute approximate surface area is 162 Å². The van der Waals surface area contributed by atoms with Gasteiger partial charge in [0.05, 0.1) is 12.8 Å². The number of nitrogens with two attached hydrogens (primary N) is 1. The third-order valence-corrected chi connectivity index (χ3v) is 3.99. The van der Waals surface area contributed by atoms with E-state index in [4.69, 9.17) is 10.5 Å². The number of benzene rings is 3. The molecule has 6 heteroatoms. The summed E-state index contributed by atoms with van der Waals surface area (Å²) in [6, 6.07) is 23.7. The third-order valence-electron chi connectivity index (χ3n) is 3.99. The summed E-state index contributed by atoms with van der Waals surface area (Å²) >= 11 is 0. The average molecular weight is 373 g/mol. The van der Waals surface area contributed by atoms with E-state index < -0.39 is 11.8 Å². The Bertz CT molecular complexity index is 933. The van der Waals surface area contributed by atoms with Crippen molar-refractivity contribution in [2.75, 3.05) is 7.11 Å². The van der Waals surface area contributed by atoms with E-state index in [2.05, 4.69) is 4.99 Å². The molecule has 0 atom stereocenters. The zero-order chi connectivity index (χ0) is 19.9. The topological polar surface area (TPSA) is 85.0 Å². The Morgan fingerprint density at radius 2 is 1.25 bits per heavy atom. The van der Waals surface area contributed by atoms with Crippen LogP contribution in [0.25, 0.3) is 0 Å². The van der Waals surface area contributed by atoms with Crippen molar-refractivity contribution < 1.29 is 14.3 Å². The molecule has 0 unspecified atom stereocenters. The number of ether oxygens (including phenoxy) is 1. The van der Waals surface area contributed by atoms with E-state index in [1.54, 1.807) is 92.0 Å². The van der Waals surface area contributed by atoms with Crippen LogP contribution < -0.4 is 10.5 Å². The van der Waals surface area contributed by atoms with Crippen molar-refractivity contribution in [2.24, 2.45) is 10.7 Å². The predicted octanol–water partition coefficient (Wildman–Crippen LogP) is 3.62. The maximum atomic E-state index is 13.0. The zero-order valence-electron chi connectivity index (χ0n) is 15.3. The van der Waals surface area contributed by atoms with Crippen molar-refractivity contribution in [2.45, 2.75) is 0 Å². The highest BCUT2D eigenvalue weighted by molar-refractivity contribution is 6.21. The third kappa shape index (κ3) is 4.24. The molecule has 3 rings (SSSR count). The number of guanidine groups is 1. The lowest BCUT2D eigenvalue weighted by Crippen LogP contribution is -2.46. The second kappa shape index (κ2) is 8.64. The molecule has 0 fully saturated rings. The van der Waals surface area contributed by atoms with Crippen molar-refractivity contribution >= 4 is 23.5 Å². The molecule has 0 aliphatic heterocycles. The van der Waals surface area contributed by atoms with Crippen LogP contribution in [0.15, 0.2) is 89.9 Å². The molecule has 3 aromatic rings. The van der Waals surface area contributed by atoms with Gasteiger partial charge in [0.25, 0.3) is 11.8 Å². The first-order valence-electron chi connectivity index (χ1n) is 8.57. The van der Waals surface area contributed by atoms with Crippen LogP contribution in [0.1, 0.15) is 20.7 Å². The first-order chi connectivity index (χ1) is 13.6. The average Bonchev–Trinajstić information content (AvgIpc) is 2.75. The molecule has 0 spiro atoms. The van der Waals surface area contributed by atoms with E-state index in [9.17, 15) is 9.59 Å². The summed E-state index contributed by atoms with van der Waals surface area (Å²) in [6.45, 7) is 0. The van der Waals surface area contributed by atoms with Crippen LogP contribution >= 0.6 is 0 Å². The molecule has 2 N–H and O–H groups in total. The van der Waals surface area contributed by atoms with Gasteiger partial charge < -0.3 is 10.5 Å². The van der Waals surface area contributed by atoms with Gasteiger partial charge in [-0.3, -0.25) is 9.59 Å². The Balaban J connectivity index is 2.00. The van der Waals surface area contributed by atoms with E-state index in [0.717, 1.165) is 4.90 Å². The number of nitrogens with zero attached hydrogens (tertiary/aromatic N) is 2. The number of carbonyl (C=O) groups is 2. The van der Waals surface area contributed by atoms with Gasteiger partial charge in [-0.15, -0.1) is 0 Å². The highest BCUT2D eigenvalue weighted by atomic mass is 16.5. The number of hydrogen-bond donors (Lipinski definition) is 1. The Kier molecular flexibility index (Phi) is 5.81. The number of amides is 2. The normalized spacial score (nSPS) is 11.0. The van der Waals surface area contributed by atoms with Gasteiger partial charge in [-0.2, -0.15) is 0 Å². The molecular formula is C22H19N3O3. The second-order valence-corrected chi connectivity index (χ2v) is 5.85. The number of methoxy groups -OCH3 is 1. The molecule has 0 radical (unpaired) electrons. The summed E-state index contributed by atoms with van der Waals surface area (Å²) in [5.74, 6) is -0.656. The van der Waals surface area contributed by atoms with Crippen LogP contribution in [0, 0.1) is 0 Å². The number of carbonyl (C=O) groups excluding carboxylic acids is 2. The van der Waals surface area contributed by atoms with Gasteiger partial charge in [0.15, 0.2) is 0 Å². The van der Waals surface area contributed by atoms with E-state index in [1.807, 2.05) is 0 Å². The SMILES string of the molecule is COc1ccc(N=C(N)N(C(=O)c2ccccc2)C(=O)c2ccccc2)cc1. The summed E-state index contributed by atoms with van der Waals surface area (Å²) in [5.41, 5.74) is 7.26. The monoisotopic (exact) mass is 373 g/mol. The minimum Gasteiger partial charge on any atom is -0.497 e. The van der Waals surface area contributed by atoms with Crippen LogP contribution in [0.5, 0.6) is 5.75 Å². The molecule has 3 aromatic carbocycles. The lowest BCUT2D eigenvalue weighted by atomic mass is 10.1. The van der Waals surface area contributed by atoms with Gasteiger partial charge in [0, 0.05) is 11.1 Å². The highest BCUT2D eigenvalue weighted by Gasteiger charge is 2.27. The smallest absolute Gasteiger partial charge is 0.267 e. The quantitative estimate of drug-likeness (QED) is 0.430. The van der Waals surface area contributed by atoms with Crippen LogP contribution in [0.4, 0.5) is 5.69 Å². The van der Waals surface area contributed by atoms with E-state index in [1.165, 1.54) is 0 Å². The van der Waals surface area contributed by atoms with Crippen molar-refractivity contribution in [1.29, 1.82) is 0 Å². The molecule has 0 saturated heterocycles. The number of hydrogen-bond acceptors (Lipinski definition) is 4. The van der Waals surface area contributed by atoms with Gasteiger partial charge in [0.2, 0.25) is 5.96 Å². The van der Waals surface area contributed by atoms with Crippen LogP contribution in [0.3, 0.4) is 0 Å². The first kappa shape index (κ1) is 18.8. The number of rotatable bonds is 4. The Morgan fingerprint density at radius 1 is 0.786 bits per heavy atom. The number of imide groups is 1. The van der Waals surface area contributed by atoms with Gasteiger partial charge >= 0.3 is 0 Å². The second-order valence-electron chi connectivity index (χ2n) is 5.85. The van der Waals surface area contributed by atoms with Crippen LogP contribution in [-0.2, 0) is 0 Å². The minimum atomic E-state index is -0.552. The molecule has 2 amide bonds. The van der Waals surface area contributed by atoms with Gasteiger partial charge in [-0.25, -0.2) is 9.89 Å². The maximum Gasteiger partial charge on any atom is 0.267 e. The largest absolute Gasteiger partial charge is 0.497 e. The lowest BCUT2D eigenvalue weighted by Gasteiger charge is -2.20. The predicted molar refractivity (Wildman–Crippen MR) is 108 cm³/mol. The molecule has 0 aromatic heterocycles. The van der Waals surface area contributed by atoms with Gasteiger partial charge in [0.1, 0.15) is 5.75 Å². The molecule has 0 aliphatic carbocycles. The standard InChI is InChI=1S/C22H19N3O3/c1-28-19-14-12-18(13-15-19)24-22(23)25(20(26)16-8-4-2-5-9-16)21(27)17-10-6-3-7-11-17/h2-15H,1H3,(H2,23,24). The number of aliphatic imine (C=N–C) groups is 1. The fourth-order valence-corrected chi connectivity index (χ4v) is 2.56. The van der Waals surface area contributed by atoms with E-state index in [0.29, 0.717) is 22.6 Å². The molecule has 28 heavy (non-hydrogen) atoms. The minimum absolute atomic E-state index is 0.215. The molecule has 0 saturated carbocycles. The molecule has 0 aliphatic rings. The molecule has 6 nitrogen and oxygen atoms in total. The summed E-state index contributed by atoms with van der Waals surface area (Å²) in [5, 5.41) is 0. The van der Waals surface area contributed by atoms with Crippen molar-refractivity contribution in [1.82, 2.24) is 4.90 Å². The van der Waals surface area contributed by atoms with Gasteiger partial charge in [-0.05, 0) is 48.5 Å². The zero-order valence-corrected chi connectivity index (χ0v) is 15.3. The molecule has 0 heterocycles. The van der Waals surface area contributed by atoms with Crippen LogP contribution in [0.2, 0.25) is 0 Å². The Morgan fingerprint density at radius 3 is 1.68 bits per heavy atom. The summed E-state index contributed by atoms with van der Waals surface area (Å²) < 4.78 is 5.12. The summed E-state index contributed by atoms with van der Waals surface area (Å²) in [4.78, 5) is 31.2. The van der Waals surface area contributed by atoms with Crippen molar-refractivity contribution in [3.63, 3.8) is 0 Å². The lowest BCUT2D eigenvalue weighted by molar-refractivity contribution is 0.0712. The highest BCUT2D eigenvalue weighted by Crippen LogP contribution is 2.19. The molecule has 140 valence electrons. The van der Waals surface area contributed by atoms with Gasteiger partial charge in [-0.1, -0.05) is 36.4 Å². The maximum absolute atomic E-state index is 13.0.